The first-order valence-electron chi connectivity index (χ1n) is 32.3. The van der Waals surface area contributed by atoms with Crippen LogP contribution in [-0.2, 0) is 0 Å². The second kappa shape index (κ2) is 31.8. The minimum absolute atomic E-state index is 0.0674. The van der Waals surface area contributed by atoms with Crippen LogP contribution in [0.15, 0.2) is 104 Å². The van der Waals surface area contributed by atoms with Crippen molar-refractivity contribution in [3.05, 3.63) is 158 Å². The Morgan fingerprint density at radius 1 is 0.409 bits per heavy atom. The van der Waals surface area contributed by atoms with Crippen molar-refractivity contribution in [1.82, 2.24) is 0 Å². The predicted molar refractivity (Wildman–Crippen MR) is 382 cm³/mol. The summed E-state index contributed by atoms with van der Waals surface area (Å²) < 4.78 is 2.67. The van der Waals surface area contributed by atoms with Gasteiger partial charge in [0.25, 0.3) is 0 Å². The lowest BCUT2D eigenvalue weighted by Gasteiger charge is -2.21. The number of carbonyl (C=O) groups excluding carboxylic acids is 2. The summed E-state index contributed by atoms with van der Waals surface area (Å²) >= 11 is 11.5. The van der Waals surface area contributed by atoms with E-state index in [1.165, 1.54) is 119 Å². The Morgan fingerprint density at radius 3 is 1.00 bits per heavy atom. The number of benzene rings is 3. The Kier molecular flexibility index (Phi) is 24.1. The maximum Gasteiger partial charge on any atom is 0.194 e. The third-order valence-corrected chi connectivity index (χ3v) is 26.1. The fourth-order valence-electron chi connectivity index (χ4n) is 12.6. The molecule has 2 aromatic heterocycles. The molecule has 4 aliphatic carbocycles. The molecule has 454 valence electrons. The van der Waals surface area contributed by atoms with Crippen molar-refractivity contribution >= 4 is 116 Å². The highest BCUT2D eigenvalue weighted by Crippen LogP contribution is 2.61. The summed E-state index contributed by atoms with van der Waals surface area (Å²) in [6.45, 7) is 18.5. The van der Waals surface area contributed by atoms with E-state index < -0.39 is 0 Å². The van der Waals surface area contributed by atoms with Gasteiger partial charge in [-0.1, -0.05) is 181 Å². The van der Waals surface area contributed by atoms with Crippen LogP contribution in [0.4, 0.5) is 0 Å². The molecule has 0 radical (unpaired) electrons. The summed E-state index contributed by atoms with van der Waals surface area (Å²) in [4.78, 5) is 33.1. The molecule has 0 saturated heterocycles. The Bertz CT molecular complexity index is 3510. The van der Waals surface area contributed by atoms with Gasteiger partial charge < -0.3 is 0 Å². The highest BCUT2D eigenvalue weighted by atomic mass is 32.2. The number of thiophene rings is 2. The first kappa shape index (κ1) is 66.6. The third kappa shape index (κ3) is 14.2. The first-order chi connectivity index (χ1) is 43.0. The van der Waals surface area contributed by atoms with Gasteiger partial charge in [-0.05, 0) is 108 Å². The highest BCUT2D eigenvalue weighted by Gasteiger charge is 2.39. The van der Waals surface area contributed by atoms with Gasteiger partial charge in [-0.2, -0.15) is 21.0 Å². The molecule has 0 bridgehead atoms. The molecule has 2 heterocycles. The number of allylic oxidation sites excluding steroid dienone is 6. The van der Waals surface area contributed by atoms with Crippen LogP contribution >= 0.6 is 69.7 Å². The molecule has 0 saturated carbocycles. The maximum atomic E-state index is 14.5. The van der Waals surface area contributed by atoms with Gasteiger partial charge in [0.15, 0.2) is 11.6 Å². The molecule has 0 spiro atoms. The standard InChI is InChI=1S/C76H82N4O2S6/c1-9-17-25-47(13-5)43-83-75(84-44-48(14-6)26-18-10-2)69-59-37-62-60(38-61(59)73-65(69)35-53(87-73)33-63-67(51(39-77)40-78)55-29-21-23-31-57(55)71(63)81)70(76(85-45-49(15-7)27-19-11-3)86-46-50(16-8)28-20-12-4)66-36-54(88-74(62)66)34-64-68(52(41-79)42-80)56-30-22-24-32-58(56)72(64)82/h21-24,29-38,47-50H,9-20,25-28,43-46H2,1-8H3/b63-33-,64-34-,75-69?,76-70?. The average Bonchev–Trinajstić information content (AvgIpc) is 1.57. The fraction of sp³-hybridized carbons (Fsp3) is 0.421. The summed E-state index contributed by atoms with van der Waals surface area (Å²) in [5.74, 6) is 5.98. The fourth-order valence-corrected chi connectivity index (χ4v) is 20.9. The SMILES string of the molecule is CCCCC(CC)CSC(SCC(CC)CCCC)=C1c2cc3c(cc2-c2sc(/C=C4\C(=O)c5ccccc5C4=C(C#N)C#N)cc21)C(=C(SCC(CC)CCCC)SCC(CC)CCCC)c1cc(/C=C2\C(=O)c4ccccc4C2=C(C#N)C#N)sc1-3. The van der Waals surface area contributed by atoms with Crippen molar-refractivity contribution in [2.75, 3.05) is 23.0 Å². The predicted octanol–water partition coefficient (Wildman–Crippen LogP) is 23.2. The lowest BCUT2D eigenvalue weighted by molar-refractivity contribution is 0.103. The van der Waals surface area contributed by atoms with Gasteiger partial charge in [0.05, 0.1) is 0 Å². The van der Waals surface area contributed by atoms with E-state index in [4.69, 9.17) is 0 Å². The van der Waals surface area contributed by atoms with Gasteiger partial charge in [0.2, 0.25) is 0 Å². The summed E-state index contributed by atoms with van der Waals surface area (Å²) in [6, 6.07) is 32.7. The molecule has 4 unspecified atom stereocenters. The van der Waals surface area contributed by atoms with Crippen LogP contribution < -0.4 is 0 Å². The molecular formula is C76H82N4O2S6. The lowest BCUT2D eigenvalue weighted by Crippen LogP contribution is -2.05. The first-order valence-corrected chi connectivity index (χ1v) is 37.8. The van der Waals surface area contributed by atoms with Gasteiger partial charge in [-0.25, -0.2) is 0 Å². The van der Waals surface area contributed by atoms with Gasteiger partial charge in [0.1, 0.15) is 35.4 Å². The molecule has 3 aromatic carbocycles. The number of nitriles is 4. The van der Waals surface area contributed by atoms with Gasteiger partial charge in [0, 0.05) is 118 Å². The quantitative estimate of drug-likeness (QED) is 0.0317. The smallest absolute Gasteiger partial charge is 0.194 e. The molecule has 0 N–H and O–H groups in total. The summed E-state index contributed by atoms with van der Waals surface area (Å²) in [5, 5.41) is 41.4. The molecule has 4 aliphatic rings. The second-order valence-corrected chi connectivity index (χ2v) is 30.6. The van der Waals surface area contributed by atoms with E-state index in [-0.39, 0.29) is 22.7 Å². The Hall–Kier alpha value is -5.80. The number of nitrogens with zero attached hydrogens (tertiary/aromatic N) is 4. The van der Waals surface area contributed by atoms with E-state index in [0.717, 1.165) is 79.3 Å². The van der Waals surface area contributed by atoms with Crippen LogP contribution in [0.25, 0.3) is 55.3 Å². The van der Waals surface area contributed by atoms with Gasteiger partial charge in [-0.15, -0.1) is 69.7 Å². The molecule has 0 amide bonds. The molecule has 88 heavy (non-hydrogen) atoms. The summed E-state index contributed by atoms with van der Waals surface area (Å²) in [7, 11) is 0. The number of ketones is 2. The Labute approximate surface area is 549 Å². The molecule has 0 fully saturated rings. The van der Waals surface area contributed by atoms with E-state index in [1.807, 2.05) is 95.6 Å². The zero-order valence-electron chi connectivity index (χ0n) is 52.6. The van der Waals surface area contributed by atoms with Crippen LogP contribution in [-0.4, -0.2) is 34.6 Å². The van der Waals surface area contributed by atoms with E-state index in [9.17, 15) is 30.6 Å². The summed E-state index contributed by atoms with van der Waals surface area (Å²) in [5.41, 5.74) is 13.2. The van der Waals surface area contributed by atoms with Crippen LogP contribution in [0.1, 0.15) is 222 Å². The number of carbonyl (C=O) groups is 2. The third-order valence-electron chi connectivity index (χ3n) is 18.0. The Balaban J connectivity index is 1.33. The number of unbranched alkanes of at least 4 members (excludes halogenated alkanes) is 4. The number of hydrogen-bond donors (Lipinski definition) is 0. The van der Waals surface area contributed by atoms with Gasteiger partial charge in [-0.3, -0.25) is 9.59 Å². The number of rotatable bonds is 30. The monoisotopic (exact) mass is 1270 g/mol. The minimum atomic E-state index is -0.179. The second-order valence-electron chi connectivity index (χ2n) is 23.8. The van der Waals surface area contributed by atoms with Crippen molar-refractivity contribution in [1.29, 1.82) is 21.0 Å². The topological polar surface area (TPSA) is 129 Å². The highest BCUT2D eigenvalue weighted by molar-refractivity contribution is 8.23. The van der Waals surface area contributed by atoms with Crippen LogP contribution in [0.2, 0.25) is 0 Å². The molecular weight excluding hydrogens is 1190 g/mol. The van der Waals surface area contributed by atoms with Crippen LogP contribution in [0.5, 0.6) is 0 Å². The maximum absolute atomic E-state index is 14.5. The van der Waals surface area contributed by atoms with E-state index >= 15 is 0 Å². The van der Waals surface area contributed by atoms with E-state index in [2.05, 4.69) is 104 Å². The van der Waals surface area contributed by atoms with Crippen molar-refractivity contribution in [3.8, 4) is 45.2 Å². The molecule has 5 aromatic rings. The average molecular weight is 1280 g/mol. The van der Waals surface area contributed by atoms with Gasteiger partial charge >= 0.3 is 0 Å². The normalized spacial score (nSPS) is 15.7. The Morgan fingerprint density at radius 2 is 0.716 bits per heavy atom. The number of fused-ring (bicyclic) bond motifs is 8. The zero-order chi connectivity index (χ0) is 62.4. The number of thioether (sulfide) groups is 4. The van der Waals surface area contributed by atoms with Crippen molar-refractivity contribution in [2.45, 2.75) is 158 Å². The number of Topliss-reactive ketones (excluding diaryl/α,β-unsaturated/α-hetero) is 2. The molecule has 9 rings (SSSR count). The minimum Gasteiger partial charge on any atom is -0.289 e. The van der Waals surface area contributed by atoms with Crippen molar-refractivity contribution < 1.29 is 9.59 Å². The molecule has 4 atom stereocenters. The van der Waals surface area contributed by atoms with Crippen LogP contribution in [0.3, 0.4) is 0 Å². The van der Waals surface area contributed by atoms with E-state index in [1.54, 1.807) is 34.8 Å². The number of hydrogen-bond acceptors (Lipinski definition) is 12. The van der Waals surface area contributed by atoms with Crippen molar-refractivity contribution in [2.24, 2.45) is 23.7 Å². The van der Waals surface area contributed by atoms with Crippen LogP contribution in [0, 0.1) is 69.0 Å². The molecule has 12 heteroatoms. The summed E-state index contributed by atoms with van der Waals surface area (Å²) in [6.07, 6.45) is 22.6. The molecule has 6 nitrogen and oxygen atoms in total. The largest absolute Gasteiger partial charge is 0.289 e. The lowest BCUT2D eigenvalue weighted by atomic mass is 9.98. The molecule has 0 aliphatic heterocycles. The zero-order valence-corrected chi connectivity index (χ0v) is 57.5. The van der Waals surface area contributed by atoms with Crippen molar-refractivity contribution in [3.63, 3.8) is 0 Å². The van der Waals surface area contributed by atoms with E-state index in [0.29, 0.717) is 68.2 Å².